The first-order valence-corrected chi connectivity index (χ1v) is 8.71. The van der Waals surface area contributed by atoms with Crippen LogP contribution in [0.3, 0.4) is 0 Å². The number of carbonyl (C=O) groups excluding carboxylic acids is 1. The van der Waals surface area contributed by atoms with Gasteiger partial charge in [0.2, 0.25) is 0 Å². The molecule has 1 fully saturated rings. The van der Waals surface area contributed by atoms with Gasteiger partial charge >= 0.3 is 0 Å². The van der Waals surface area contributed by atoms with Crippen molar-refractivity contribution < 1.29 is 14.3 Å². The fourth-order valence-corrected chi connectivity index (χ4v) is 3.00. The Labute approximate surface area is 153 Å². The molecule has 1 N–H and O–H groups in total. The van der Waals surface area contributed by atoms with Gasteiger partial charge in [-0.3, -0.25) is 4.79 Å². The first kappa shape index (κ1) is 18.0. The Morgan fingerprint density at radius 2 is 1.92 bits per heavy atom. The second-order valence-corrected chi connectivity index (χ2v) is 6.45. The number of hydrogen-bond acceptors (Lipinski definition) is 6. The van der Waals surface area contributed by atoms with Crippen molar-refractivity contribution in [3.8, 4) is 11.5 Å². The molecule has 1 aromatic carbocycles. The number of piperidine rings is 1. The second-order valence-electron chi connectivity index (χ2n) is 6.45. The Kier molecular flexibility index (Phi) is 5.55. The van der Waals surface area contributed by atoms with E-state index >= 15 is 0 Å². The smallest absolute Gasteiger partial charge is 0.260 e. The molecule has 26 heavy (non-hydrogen) atoms. The Morgan fingerprint density at radius 3 is 2.62 bits per heavy atom. The minimum Gasteiger partial charge on any atom is -0.497 e. The lowest BCUT2D eigenvalue weighted by Gasteiger charge is -2.31. The molecule has 3 rings (SSSR count). The highest BCUT2D eigenvalue weighted by Gasteiger charge is 2.19. The molecule has 1 aromatic heterocycles. The molecule has 0 aliphatic carbocycles. The van der Waals surface area contributed by atoms with E-state index in [-0.39, 0.29) is 5.91 Å². The standard InChI is InChI=1S/C19H24N4O3/c1-13-6-8-23(9-7-13)18-11-17(20-12-21-18)22-19(24)15-10-14(25-2)4-5-16(15)26-3/h4-5,10-13H,6-9H2,1-3H3,(H,20,21,22,24). The molecule has 1 saturated heterocycles. The quantitative estimate of drug-likeness (QED) is 0.887. The predicted octanol–water partition coefficient (Wildman–Crippen LogP) is 2.98. The van der Waals surface area contributed by atoms with Crippen molar-refractivity contribution in [2.45, 2.75) is 19.8 Å². The van der Waals surface area contributed by atoms with E-state index < -0.39 is 0 Å². The first-order chi connectivity index (χ1) is 12.6. The number of benzene rings is 1. The van der Waals surface area contributed by atoms with E-state index in [0.29, 0.717) is 22.9 Å². The van der Waals surface area contributed by atoms with Crippen LogP contribution in [0.2, 0.25) is 0 Å². The van der Waals surface area contributed by atoms with Crippen molar-refractivity contribution in [3.05, 3.63) is 36.2 Å². The fraction of sp³-hybridized carbons (Fsp3) is 0.421. The number of carbonyl (C=O) groups is 1. The topological polar surface area (TPSA) is 76.6 Å². The molecule has 0 bridgehead atoms. The number of ether oxygens (including phenoxy) is 2. The van der Waals surface area contributed by atoms with Gasteiger partial charge in [-0.2, -0.15) is 0 Å². The molecule has 1 amide bonds. The molecule has 7 heteroatoms. The summed E-state index contributed by atoms with van der Waals surface area (Å²) in [6.07, 6.45) is 3.77. The Morgan fingerprint density at radius 1 is 1.15 bits per heavy atom. The van der Waals surface area contributed by atoms with Crippen molar-refractivity contribution in [3.63, 3.8) is 0 Å². The molecular formula is C19H24N4O3. The summed E-state index contributed by atoms with van der Waals surface area (Å²) in [4.78, 5) is 23.4. The number of nitrogens with one attached hydrogen (secondary N) is 1. The van der Waals surface area contributed by atoms with E-state index in [1.165, 1.54) is 13.4 Å². The zero-order valence-electron chi connectivity index (χ0n) is 15.4. The van der Waals surface area contributed by atoms with Crippen LogP contribution < -0.4 is 19.7 Å². The first-order valence-electron chi connectivity index (χ1n) is 8.71. The molecule has 2 heterocycles. The fourth-order valence-electron chi connectivity index (χ4n) is 3.00. The summed E-state index contributed by atoms with van der Waals surface area (Å²) in [6.45, 7) is 4.20. The molecule has 138 valence electrons. The average molecular weight is 356 g/mol. The number of anilines is 2. The van der Waals surface area contributed by atoms with E-state index in [1.54, 1.807) is 31.4 Å². The van der Waals surface area contributed by atoms with Gasteiger partial charge in [0.25, 0.3) is 5.91 Å². The van der Waals surface area contributed by atoms with Gasteiger partial charge in [-0.15, -0.1) is 0 Å². The molecule has 1 aliphatic heterocycles. The number of aromatic nitrogens is 2. The second kappa shape index (κ2) is 8.03. The molecule has 0 radical (unpaired) electrons. The summed E-state index contributed by atoms with van der Waals surface area (Å²) < 4.78 is 10.5. The molecule has 7 nitrogen and oxygen atoms in total. The van der Waals surface area contributed by atoms with Gasteiger partial charge < -0.3 is 19.7 Å². The molecular weight excluding hydrogens is 332 g/mol. The Hall–Kier alpha value is -2.83. The summed E-state index contributed by atoms with van der Waals surface area (Å²) >= 11 is 0. The number of hydrogen-bond donors (Lipinski definition) is 1. The van der Waals surface area contributed by atoms with Gasteiger partial charge in [0, 0.05) is 19.2 Å². The lowest BCUT2D eigenvalue weighted by atomic mass is 9.99. The summed E-state index contributed by atoms with van der Waals surface area (Å²) in [5.41, 5.74) is 0.388. The summed E-state index contributed by atoms with van der Waals surface area (Å²) in [6, 6.07) is 6.90. The van der Waals surface area contributed by atoms with Gasteiger partial charge in [-0.1, -0.05) is 6.92 Å². The highest BCUT2D eigenvalue weighted by atomic mass is 16.5. The number of amides is 1. The third kappa shape index (κ3) is 4.04. The van der Waals surface area contributed by atoms with Crippen LogP contribution in [0, 0.1) is 5.92 Å². The van der Waals surface area contributed by atoms with E-state index in [0.717, 1.165) is 37.7 Å². The van der Waals surface area contributed by atoms with Crippen molar-refractivity contribution in [2.75, 3.05) is 37.5 Å². The van der Waals surface area contributed by atoms with Crippen LogP contribution in [0.1, 0.15) is 30.1 Å². The maximum atomic E-state index is 12.7. The highest BCUT2D eigenvalue weighted by molar-refractivity contribution is 6.06. The zero-order chi connectivity index (χ0) is 18.5. The Balaban J connectivity index is 1.77. The predicted molar refractivity (Wildman–Crippen MR) is 100 cm³/mol. The maximum Gasteiger partial charge on any atom is 0.260 e. The third-order valence-electron chi connectivity index (χ3n) is 4.65. The van der Waals surface area contributed by atoms with Crippen molar-refractivity contribution in [2.24, 2.45) is 5.92 Å². The highest BCUT2D eigenvalue weighted by Crippen LogP contribution is 2.26. The van der Waals surface area contributed by atoms with Gasteiger partial charge in [0.1, 0.15) is 29.5 Å². The molecule has 0 saturated carbocycles. The minimum absolute atomic E-state index is 0.308. The number of nitrogens with zero attached hydrogens (tertiary/aromatic N) is 3. The summed E-state index contributed by atoms with van der Waals surface area (Å²) in [5.74, 6) is 2.79. The van der Waals surface area contributed by atoms with Crippen LogP contribution in [0.4, 0.5) is 11.6 Å². The largest absolute Gasteiger partial charge is 0.497 e. The van der Waals surface area contributed by atoms with Crippen LogP contribution in [0.5, 0.6) is 11.5 Å². The van der Waals surface area contributed by atoms with E-state index in [1.807, 2.05) is 0 Å². The van der Waals surface area contributed by atoms with E-state index in [4.69, 9.17) is 9.47 Å². The SMILES string of the molecule is COc1ccc(OC)c(C(=O)Nc2cc(N3CCC(C)CC3)ncn2)c1. The van der Waals surface area contributed by atoms with Crippen LogP contribution in [0.15, 0.2) is 30.6 Å². The number of methoxy groups -OCH3 is 2. The lowest BCUT2D eigenvalue weighted by molar-refractivity contribution is 0.102. The maximum absolute atomic E-state index is 12.7. The van der Waals surface area contributed by atoms with Crippen molar-refractivity contribution in [1.82, 2.24) is 9.97 Å². The molecule has 2 aromatic rings. The van der Waals surface area contributed by atoms with Crippen LogP contribution in [-0.2, 0) is 0 Å². The average Bonchev–Trinajstić information content (AvgIpc) is 2.68. The van der Waals surface area contributed by atoms with Crippen molar-refractivity contribution in [1.29, 1.82) is 0 Å². The molecule has 0 unspecified atom stereocenters. The van der Waals surface area contributed by atoms with E-state index in [9.17, 15) is 4.79 Å². The van der Waals surface area contributed by atoms with Gasteiger partial charge in [0.05, 0.1) is 19.8 Å². The number of rotatable bonds is 5. The third-order valence-corrected chi connectivity index (χ3v) is 4.65. The molecule has 0 spiro atoms. The summed E-state index contributed by atoms with van der Waals surface area (Å²) in [7, 11) is 3.08. The Bertz CT molecular complexity index is 773. The van der Waals surface area contributed by atoms with Gasteiger partial charge in [-0.05, 0) is 37.0 Å². The van der Waals surface area contributed by atoms with Gasteiger partial charge in [-0.25, -0.2) is 9.97 Å². The zero-order valence-corrected chi connectivity index (χ0v) is 15.4. The van der Waals surface area contributed by atoms with E-state index in [2.05, 4.69) is 27.1 Å². The van der Waals surface area contributed by atoms with Crippen LogP contribution >= 0.6 is 0 Å². The van der Waals surface area contributed by atoms with Crippen LogP contribution in [0.25, 0.3) is 0 Å². The molecule has 0 atom stereocenters. The minimum atomic E-state index is -0.308. The van der Waals surface area contributed by atoms with Crippen molar-refractivity contribution >= 4 is 17.5 Å². The summed E-state index contributed by atoms with van der Waals surface area (Å²) in [5, 5.41) is 2.82. The van der Waals surface area contributed by atoms with Gasteiger partial charge in [0.15, 0.2) is 0 Å². The van der Waals surface area contributed by atoms with Crippen LogP contribution in [-0.4, -0.2) is 43.2 Å². The molecule has 1 aliphatic rings. The lowest BCUT2D eigenvalue weighted by Crippen LogP contribution is -2.33. The monoisotopic (exact) mass is 356 g/mol. The normalized spacial score (nSPS) is 14.8.